The van der Waals surface area contributed by atoms with Crippen LogP contribution in [-0.2, 0) is 12.6 Å². The Morgan fingerprint density at radius 2 is 2.17 bits per heavy atom. The highest BCUT2D eigenvalue weighted by molar-refractivity contribution is 5.99. The number of β-amino-alcohol motifs (C(OH)–C–C–N with tert-alkyl or cyclic N) is 1. The van der Waals surface area contributed by atoms with Gasteiger partial charge in [-0.2, -0.15) is 0 Å². The first-order chi connectivity index (χ1) is 11.4. The summed E-state index contributed by atoms with van der Waals surface area (Å²) in [4.78, 5) is 16.9. The zero-order valence-corrected chi connectivity index (χ0v) is 13.2. The van der Waals surface area contributed by atoms with Crippen LogP contribution in [0.2, 0.25) is 0 Å². The first kappa shape index (κ1) is 14.8. The maximum absolute atomic E-state index is 13.9. The van der Waals surface area contributed by atoms with Gasteiger partial charge in [0.05, 0.1) is 30.5 Å². The van der Waals surface area contributed by atoms with Gasteiger partial charge in [0.15, 0.2) is 0 Å². The van der Waals surface area contributed by atoms with Crippen LogP contribution in [0.3, 0.4) is 0 Å². The first-order valence-corrected chi connectivity index (χ1v) is 7.54. The van der Waals surface area contributed by atoms with Crippen molar-refractivity contribution in [2.24, 2.45) is 7.05 Å². The Hall–Kier alpha value is -2.74. The molecule has 24 heavy (non-hydrogen) atoms. The Labute approximate surface area is 136 Å². The van der Waals surface area contributed by atoms with Crippen LogP contribution in [0.5, 0.6) is 0 Å². The number of rotatable bonds is 2. The number of amides is 1. The van der Waals surface area contributed by atoms with Gasteiger partial charge >= 0.3 is 0 Å². The van der Waals surface area contributed by atoms with Gasteiger partial charge in [-0.1, -0.05) is 11.3 Å². The largest absolute Gasteiger partial charge is 0.380 e. The number of aryl methyl sites for hydroxylation is 2. The molecule has 0 spiro atoms. The Balaban J connectivity index is 1.59. The number of nitrogens with zero attached hydrogens (tertiary/aromatic N) is 4. The predicted molar refractivity (Wildman–Crippen MR) is 83.8 cm³/mol. The molecule has 1 fully saturated rings. The molecule has 2 N–H and O–H groups in total. The van der Waals surface area contributed by atoms with E-state index in [0.717, 1.165) is 5.56 Å². The van der Waals surface area contributed by atoms with E-state index in [4.69, 9.17) is 0 Å². The summed E-state index contributed by atoms with van der Waals surface area (Å²) in [6.45, 7) is 2.15. The van der Waals surface area contributed by atoms with E-state index in [2.05, 4.69) is 15.3 Å². The lowest BCUT2D eigenvalue weighted by molar-refractivity contribution is -0.0915. The molecule has 0 radical (unpaired) electrons. The maximum Gasteiger partial charge on any atom is 0.270 e. The molecule has 4 rings (SSSR count). The summed E-state index contributed by atoms with van der Waals surface area (Å²) in [7, 11) is 1.69. The maximum atomic E-state index is 13.9. The molecular formula is C16H16FN5O2. The van der Waals surface area contributed by atoms with E-state index in [1.54, 1.807) is 19.2 Å². The lowest BCUT2D eigenvalue weighted by Gasteiger charge is -2.45. The Kier molecular flexibility index (Phi) is 3.01. The third-order valence-corrected chi connectivity index (χ3v) is 4.57. The zero-order valence-electron chi connectivity index (χ0n) is 13.2. The van der Waals surface area contributed by atoms with Crippen LogP contribution in [0, 0.1) is 12.7 Å². The third kappa shape index (κ3) is 2.03. The Morgan fingerprint density at radius 1 is 1.42 bits per heavy atom. The second-order valence-corrected chi connectivity index (χ2v) is 6.27. The Bertz CT molecular complexity index is 916. The molecule has 3 aromatic rings. The number of nitrogens with one attached hydrogen (secondary N) is 1. The summed E-state index contributed by atoms with van der Waals surface area (Å²) in [5.41, 5.74) is 0.933. The van der Waals surface area contributed by atoms with E-state index in [1.807, 2.05) is 6.92 Å². The summed E-state index contributed by atoms with van der Waals surface area (Å²) in [5, 5.41) is 18.8. The van der Waals surface area contributed by atoms with Crippen molar-refractivity contribution >= 4 is 16.8 Å². The van der Waals surface area contributed by atoms with E-state index in [-0.39, 0.29) is 19.0 Å². The van der Waals surface area contributed by atoms with Gasteiger partial charge in [-0.25, -0.2) is 9.07 Å². The fourth-order valence-corrected chi connectivity index (χ4v) is 3.21. The number of aromatic nitrogens is 4. The second-order valence-electron chi connectivity index (χ2n) is 6.27. The molecule has 1 aliphatic heterocycles. The van der Waals surface area contributed by atoms with E-state index in [9.17, 15) is 14.3 Å². The van der Waals surface area contributed by atoms with Crippen LogP contribution in [0.4, 0.5) is 4.39 Å². The number of carbonyl (C=O) groups is 1. The van der Waals surface area contributed by atoms with Gasteiger partial charge in [-0.05, 0) is 24.6 Å². The van der Waals surface area contributed by atoms with Gasteiger partial charge in [0.1, 0.15) is 17.1 Å². The lowest BCUT2D eigenvalue weighted by Crippen LogP contribution is -2.61. The molecule has 1 saturated heterocycles. The molecular weight excluding hydrogens is 313 g/mol. The molecule has 1 amide bonds. The van der Waals surface area contributed by atoms with E-state index < -0.39 is 11.4 Å². The molecule has 3 heterocycles. The van der Waals surface area contributed by atoms with Crippen molar-refractivity contribution in [3.8, 4) is 0 Å². The average Bonchev–Trinajstić information content (AvgIpc) is 3.14. The van der Waals surface area contributed by atoms with Gasteiger partial charge in [0.2, 0.25) is 0 Å². The van der Waals surface area contributed by atoms with Crippen LogP contribution in [0.25, 0.3) is 10.9 Å². The first-order valence-electron chi connectivity index (χ1n) is 7.54. The van der Waals surface area contributed by atoms with Crippen molar-refractivity contribution in [1.29, 1.82) is 0 Å². The minimum absolute atomic E-state index is 0.143. The molecule has 0 aliphatic carbocycles. The molecule has 0 unspecified atom stereocenters. The highest BCUT2D eigenvalue weighted by Gasteiger charge is 2.47. The summed E-state index contributed by atoms with van der Waals surface area (Å²) in [6, 6.07) is 4.71. The van der Waals surface area contributed by atoms with Crippen molar-refractivity contribution in [1.82, 2.24) is 24.9 Å². The number of fused-ring (bicyclic) bond motifs is 1. The normalized spacial score (nSPS) is 16.4. The number of benzene rings is 1. The third-order valence-electron chi connectivity index (χ3n) is 4.57. The molecule has 124 valence electrons. The van der Waals surface area contributed by atoms with Crippen LogP contribution in [-0.4, -0.2) is 49.0 Å². The lowest BCUT2D eigenvalue weighted by atomic mass is 9.90. The number of carbonyl (C=O) groups excluding carboxylic acids is 1. The fourth-order valence-electron chi connectivity index (χ4n) is 3.21. The highest BCUT2D eigenvalue weighted by atomic mass is 19.1. The topological polar surface area (TPSA) is 87.0 Å². The summed E-state index contributed by atoms with van der Waals surface area (Å²) in [5.74, 6) is -0.666. The smallest absolute Gasteiger partial charge is 0.270 e. The number of H-pyrrole nitrogens is 1. The zero-order chi connectivity index (χ0) is 17.1. The number of hydrogen-bond acceptors (Lipinski definition) is 4. The molecule has 1 aromatic carbocycles. The van der Waals surface area contributed by atoms with Gasteiger partial charge in [-0.3, -0.25) is 4.79 Å². The molecule has 1 aliphatic rings. The van der Waals surface area contributed by atoms with Crippen LogP contribution in [0.1, 0.15) is 21.7 Å². The molecule has 0 atom stereocenters. The number of hydrogen-bond donors (Lipinski definition) is 2. The highest BCUT2D eigenvalue weighted by Crippen LogP contribution is 2.32. The van der Waals surface area contributed by atoms with Crippen LogP contribution >= 0.6 is 0 Å². The van der Waals surface area contributed by atoms with Crippen LogP contribution in [0.15, 0.2) is 24.4 Å². The van der Waals surface area contributed by atoms with E-state index in [1.165, 1.54) is 21.8 Å². The number of halogens is 1. The van der Waals surface area contributed by atoms with E-state index >= 15 is 0 Å². The average molecular weight is 329 g/mol. The van der Waals surface area contributed by atoms with Gasteiger partial charge in [0.25, 0.3) is 5.91 Å². The number of likely N-dealkylation sites (tertiary alicyclic amines) is 1. The standard InChI is InChI=1S/C16H16FN5O2/c1-9-3-4-11(17)14-10(9)5-12(19-14)15(23)22-7-16(24,8-22)13-6-18-20-21(13)2/h3-6,19,24H,7-8H2,1-2H3. The quantitative estimate of drug-likeness (QED) is 0.737. The molecule has 2 aromatic heterocycles. The number of aliphatic hydroxyl groups is 1. The number of aromatic amines is 1. The van der Waals surface area contributed by atoms with Crippen molar-refractivity contribution in [3.05, 3.63) is 47.2 Å². The van der Waals surface area contributed by atoms with Crippen molar-refractivity contribution in [3.63, 3.8) is 0 Å². The SMILES string of the molecule is Cc1ccc(F)c2[nH]c(C(=O)N3CC(O)(c4cnnn4C)C3)cc12. The minimum atomic E-state index is -1.15. The summed E-state index contributed by atoms with van der Waals surface area (Å²) >= 11 is 0. The molecule has 0 saturated carbocycles. The van der Waals surface area contributed by atoms with Crippen LogP contribution < -0.4 is 0 Å². The summed E-state index contributed by atoms with van der Waals surface area (Å²) < 4.78 is 15.4. The second kappa shape index (κ2) is 4.88. The van der Waals surface area contributed by atoms with Gasteiger partial charge < -0.3 is 15.0 Å². The van der Waals surface area contributed by atoms with Gasteiger partial charge in [-0.15, -0.1) is 5.10 Å². The Morgan fingerprint density at radius 3 is 2.79 bits per heavy atom. The predicted octanol–water partition coefficient (Wildman–Crippen LogP) is 1.09. The monoisotopic (exact) mass is 329 g/mol. The van der Waals surface area contributed by atoms with Crippen molar-refractivity contribution < 1.29 is 14.3 Å². The molecule has 7 nitrogen and oxygen atoms in total. The summed E-state index contributed by atoms with van der Waals surface area (Å²) in [6.07, 6.45) is 1.49. The fraction of sp³-hybridized carbons (Fsp3) is 0.312. The minimum Gasteiger partial charge on any atom is -0.380 e. The molecule has 8 heteroatoms. The van der Waals surface area contributed by atoms with E-state index in [0.29, 0.717) is 22.3 Å². The van der Waals surface area contributed by atoms with Crippen molar-refractivity contribution in [2.75, 3.05) is 13.1 Å². The van der Waals surface area contributed by atoms with Gasteiger partial charge in [0, 0.05) is 12.4 Å². The molecule has 0 bridgehead atoms. The van der Waals surface area contributed by atoms with Crippen molar-refractivity contribution in [2.45, 2.75) is 12.5 Å².